The molecule has 0 aliphatic carbocycles. The number of nitrogens with zero attached hydrogens (tertiary/aromatic N) is 3. The molecule has 2 amide bonds. The van der Waals surface area contributed by atoms with Crippen LogP contribution >= 0.6 is 11.6 Å². The van der Waals surface area contributed by atoms with Crippen molar-refractivity contribution in [3.05, 3.63) is 59.1 Å². The molecule has 1 aromatic heterocycles. The lowest BCUT2D eigenvalue weighted by atomic mass is 10.1. The zero-order valence-corrected chi connectivity index (χ0v) is 15.4. The molecule has 0 atom stereocenters. The van der Waals surface area contributed by atoms with Crippen LogP contribution in [0.4, 0.5) is 16.2 Å². The number of carbonyl (C=O) groups is 2. The molecule has 0 saturated carbocycles. The number of urea groups is 1. The number of benzene rings is 2. The third-order valence-electron chi connectivity index (χ3n) is 3.61. The standard InChI is InChI=1S/C18H15ClN6O3/c1-28-16(26)9-7-11-6-8-14(12(10-11)17-22-24-25-23-17)20-18(27)21-15-5-3-2-4-13(15)19/h2-10H,1H3,(H2,20,21,27)(H,22,23,24,25)/b9-7+. The molecule has 0 spiro atoms. The summed E-state index contributed by atoms with van der Waals surface area (Å²) in [6.45, 7) is 0. The van der Waals surface area contributed by atoms with Gasteiger partial charge >= 0.3 is 12.0 Å². The number of rotatable bonds is 5. The highest BCUT2D eigenvalue weighted by atomic mass is 35.5. The third kappa shape index (κ3) is 4.71. The minimum absolute atomic E-state index is 0.279. The van der Waals surface area contributed by atoms with Crippen molar-refractivity contribution in [3.63, 3.8) is 0 Å². The molecular formula is C18H15ClN6O3. The van der Waals surface area contributed by atoms with E-state index in [4.69, 9.17) is 11.6 Å². The molecule has 28 heavy (non-hydrogen) atoms. The Morgan fingerprint density at radius 1 is 1.14 bits per heavy atom. The van der Waals surface area contributed by atoms with Crippen molar-refractivity contribution in [2.45, 2.75) is 0 Å². The number of aromatic amines is 1. The first-order valence-corrected chi connectivity index (χ1v) is 8.41. The second-order valence-electron chi connectivity index (χ2n) is 5.46. The van der Waals surface area contributed by atoms with Crippen LogP contribution in [0.1, 0.15) is 5.56 Å². The van der Waals surface area contributed by atoms with Crippen molar-refractivity contribution < 1.29 is 14.3 Å². The molecule has 0 fully saturated rings. The number of nitrogens with one attached hydrogen (secondary N) is 3. The molecule has 3 N–H and O–H groups in total. The van der Waals surface area contributed by atoms with Gasteiger partial charge in [0.15, 0.2) is 0 Å². The summed E-state index contributed by atoms with van der Waals surface area (Å²) in [5, 5.41) is 19.6. The van der Waals surface area contributed by atoms with Crippen LogP contribution in [0, 0.1) is 0 Å². The van der Waals surface area contributed by atoms with Gasteiger partial charge in [0, 0.05) is 11.6 Å². The van der Waals surface area contributed by atoms with Crippen molar-refractivity contribution in [1.29, 1.82) is 0 Å². The number of carbonyl (C=O) groups excluding carboxylic acids is 2. The maximum atomic E-state index is 12.4. The first kappa shape index (κ1) is 19.1. The molecule has 3 aromatic rings. The van der Waals surface area contributed by atoms with Crippen molar-refractivity contribution in [2.24, 2.45) is 0 Å². The van der Waals surface area contributed by atoms with Gasteiger partial charge in [0.25, 0.3) is 0 Å². The van der Waals surface area contributed by atoms with Crippen LogP contribution in [0.3, 0.4) is 0 Å². The van der Waals surface area contributed by atoms with E-state index in [1.165, 1.54) is 13.2 Å². The highest BCUT2D eigenvalue weighted by Gasteiger charge is 2.13. The van der Waals surface area contributed by atoms with Crippen molar-refractivity contribution >= 4 is 41.1 Å². The molecule has 0 bridgehead atoms. The summed E-state index contributed by atoms with van der Waals surface area (Å²) >= 11 is 6.06. The van der Waals surface area contributed by atoms with E-state index < -0.39 is 12.0 Å². The second kappa shape index (κ2) is 8.78. The number of halogens is 1. The van der Waals surface area contributed by atoms with Gasteiger partial charge in [-0.15, -0.1) is 10.2 Å². The highest BCUT2D eigenvalue weighted by molar-refractivity contribution is 6.33. The molecule has 0 radical (unpaired) electrons. The van der Waals surface area contributed by atoms with Crippen LogP contribution in [0.2, 0.25) is 5.02 Å². The van der Waals surface area contributed by atoms with E-state index in [2.05, 4.69) is 36.0 Å². The smallest absolute Gasteiger partial charge is 0.330 e. The zero-order chi connectivity index (χ0) is 19.9. The van der Waals surface area contributed by atoms with Crippen molar-refractivity contribution in [3.8, 4) is 11.4 Å². The Morgan fingerprint density at radius 3 is 2.64 bits per heavy atom. The van der Waals surface area contributed by atoms with Crippen molar-refractivity contribution in [2.75, 3.05) is 17.7 Å². The first-order valence-electron chi connectivity index (χ1n) is 8.03. The summed E-state index contributed by atoms with van der Waals surface area (Å²) in [5.41, 5.74) is 2.11. The summed E-state index contributed by atoms with van der Waals surface area (Å²) in [6.07, 6.45) is 2.86. The monoisotopic (exact) mass is 398 g/mol. The van der Waals surface area contributed by atoms with E-state index >= 15 is 0 Å². The molecule has 3 rings (SSSR count). The molecule has 10 heteroatoms. The number of para-hydroxylation sites is 1. The van der Waals surface area contributed by atoms with Crippen LogP contribution in [-0.4, -0.2) is 39.7 Å². The fraction of sp³-hybridized carbons (Fsp3) is 0.0556. The Morgan fingerprint density at radius 2 is 1.93 bits per heavy atom. The highest BCUT2D eigenvalue weighted by Crippen LogP contribution is 2.27. The van der Waals surface area contributed by atoms with Crippen molar-refractivity contribution in [1.82, 2.24) is 20.6 Å². The van der Waals surface area contributed by atoms with Gasteiger partial charge in [-0.1, -0.05) is 29.8 Å². The molecule has 1 heterocycles. The number of esters is 1. The van der Waals surface area contributed by atoms with Gasteiger partial charge in [0.2, 0.25) is 5.82 Å². The Hall–Kier alpha value is -3.72. The minimum Gasteiger partial charge on any atom is -0.466 e. The fourth-order valence-corrected chi connectivity index (χ4v) is 2.49. The average molecular weight is 399 g/mol. The number of amides is 2. The summed E-state index contributed by atoms with van der Waals surface area (Å²) in [7, 11) is 1.29. The van der Waals surface area contributed by atoms with Gasteiger partial charge in [0.05, 0.1) is 23.5 Å². The lowest BCUT2D eigenvalue weighted by Crippen LogP contribution is -2.20. The molecule has 0 aliphatic rings. The number of anilines is 2. The van der Waals surface area contributed by atoms with E-state index in [0.29, 0.717) is 27.5 Å². The van der Waals surface area contributed by atoms with Crippen LogP contribution in [0.15, 0.2) is 48.5 Å². The van der Waals surface area contributed by atoms with E-state index in [9.17, 15) is 9.59 Å². The van der Waals surface area contributed by atoms with Gasteiger partial charge in [-0.2, -0.15) is 5.21 Å². The van der Waals surface area contributed by atoms with Crippen LogP contribution in [-0.2, 0) is 9.53 Å². The summed E-state index contributed by atoms with van der Waals surface area (Å²) < 4.78 is 4.58. The quantitative estimate of drug-likeness (QED) is 0.447. The number of hydrogen-bond donors (Lipinski definition) is 3. The maximum Gasteiger partial charge on any atom is 0.330 e. The van der Waals surface area contributed by atoms with Gasteiger partial charge in [0.1, 0.15) is 0 Å². The average Bonchev–Trinajstić information content (AvgIpc) is 3.23. The maximum absolute atomic E-state index is 12.4. The van der Waals surface area contributed by atoms with Gasteiger partial charge in [-0.05, 0) is 41.1 Å². The Bertz CT molecular complexity index is 1020. The lowest BCUT2D eigenvalue weighted by molar-refractivity contribution is -0.134. The molecule has 0 aliphatic heterocycles. The fourth-order valence-electron chi connectivity index (χ4n) is 2.31. The molecule has 2 aromatic carbocycles. The van der Waals surface area contributed by atoms with E-state index in [-0.39, 0.29) is 5.82 Å². The number of tetrazole rings is 1. The normalized spacial score (nSPS) is 10.6. The second-order valence-corrected chi connectivity index (χ2v) is 5.86. The Labute approximate surface area is 164 Å². The lowest BCUT2D eigenvalue weighted by Gasteiger charge is -2.12. The molecule has 0 saturated heterocycles. The van der Waals surface area contributed by atoms with E-state index in [1.54, 1.807) is 48.5 Å². The number of hydrogen-bond acceptors (Lipinski definition) is 6. The molecular weight excluding hydrogens is 384 g/mol. The Kier molecular flexibility index (Phi) is 5.97. The summed E-state index contributed by atoms with van der Waals surface area (Å²) in [6, 6.07) is 11.5. The topological polar surface area (TPSA) is 122 Å². The third-order valence-corrected chi connectivity index (χ3v) is 3.94. The first-order chi connectivity index (χ1) is 13.6. The van der Waals surface area contributed by atoms with Gasteiger partial charge in [-0.25, -0.2) is 9.59 Å². The SMILES string of the molecule is COC(=O)/C=C/c1ccc(NC(=O)Nc2ccccc2Cl)c(-c2nn[nH]n2)c1. The van der Waals surface area contributed by atoms with Crippen LogP contribution in [0.25, 0.3) is 17.5 Å². The predicted octanol–water partition coefficient (Wildman–Crippen LogP) is 3.35. The van der Waals surface area contributed by atoms with Gasteiger partial charge < -0.3 is 15.4 Å². The molecule has 9 nitrogen and oxygen atoms in total. The Balaban J connectivity index is 1.85. The van der Waals surface area contributed by atoms with Gasteiger partial charge in [-0.3, -0.25) is 0 Å². The van der Waals surface area contributed by atoms with E-state index in [1.807, 2.05) is 0 Å². The zero-order valence-electron chi connectivity index (χ0n) is 14.6. The van der Waals surface area contributed by atoms with Crippen LogP contribution in [0.5, 0.6) is 0 Å². The largest absolute Gasteiger partial charge is 0.466 e. The summed E-state index contributed by atoms with van der Waals surface area (Å²) in [4.78, 5) is 23.7. The summed E-state index contributed by atoms with van der Waals surface area (Å²) in [5.74, 6) is -0.205. The van der Waals surface area contributed by atoms with Crippen LogP contribution < -0.4 is 10.6 Å². The molecule has 0 unspecified atom stereocenters. The predicted molar refractivity (Wildman–Crippen MR) is 105 cm³/mol. The number of H-pyrrole nitrogens is 1. The van der Waals surface area contributed by atoms with E-state index in [0.717, 1.165) is 0 Å². The molecule has 142 valence electrons. The number of aromatic nitrogens is 4. The number of methoxy groups -OCH3 is 1. The number of ether oxygens (including phenoxy) is 1. The minimum atomic E-state index is -0.490.